The van der Waals surface area contributed by atoms with Crippen LogP contribution in [0.3, 0.4) is 0 Å². The van der Waals surface area contributed by atoms with Crippen LogP contribution >= 0.6 is 0 Å². The first-order valence-electron chi connectivity index (χ1n) is 4.32. The van der Waals surface area contributed by atoms with E-state index in [9.17, 15) is 4.79 Å². The Morgan fingerprint density at radius 3 is 2.38 bits per heavy atom. The van der Waals surface area contributed by atoms with Crippen molar-refractivity contribution in [3.05, 3.63) is 34.9 Å². The zero-order valence-corrected chi connectivity index (χ0v) is 8.16. The third-order valence-electron chi connectivity index (χ3n) is 2.17. The highest BCUT2D eigenvalue weighted by Gasteiger charge is 2.11. The number of aliphatic hydroxyl groups is 1. The first kappa shape index (κ1) is 9.93. The Morgan fingerprint density at radius 2 is 1.92 bits per heavy atom. The van der Waals surface area contributed by atoms with Gasteiger partial charge in [-0.05, 0) is 38.0 Å². The molecular formula is C11H14O2. The van der Waals surface area contributed by atoms with Crippen molar-refractivity contribution in [1.29, 1.82) is 0 Å². The molecule has 0 saturated heterocycles. The van der Waals surface area contributed by atoms with Crippen molar-refractivity contribution in [1.82, 2.24) is 0 Å². The summed E-state index contributed by atoms with van der Waals surface area (Å²) in [5.74, 6) is -0.219. The fraction of sp³-hybridized carbons (Fsp3) is 0.364. The maximum absolute atomic E-state index is 11.4. The van der Waals surface area contributed by atoms with Crippen molar-refractivity contribution in [2.45, 2.75) is 26.9 Å². The van der Waals surface area contributed by atoms with E-state index in [1.165, 1.54) is 6.92 Å². The lowest BCUT2D eigenvalue weighted by molar-refractivity contribution is 0.0779. The molecule has 1 atom stereocenters. The molecule has 2 nitrogen and oxygen atoms in total. The summed E-state index contributed by atoms with van der Waals surface area (Å²) in [6.07, 6.45) is -0.915. The molecule has 0 aliphatic rings. The van der Waals surface area contributed by atoms with E-state index in [2.05, 4.69) is 0 Å². The van der Waals surface area contributed by atoms with Crippen molar-refractivity contribution in [3.63, 3.8) is 0 Å². The Hall–Kier alpha value is -1.15. The Labute approximate surface area is 78.2 Å². The molecule has 0 heterocycles. The van der Waals surface area contributed by atoms with Gasteiger partial charge >= 0.3 is 0 Å². The van der Waals surface area contributed by atoms with E-state index in [1.54, 1.807) is 6.07 Å². The van der Waals surface area contributed by atoms with Gasteiger partial charge in [0.05, 0.1) is 0 Å². The highest BCUT2D eigenvalue weighted by molar-refractivity contribution is 5.99. The molecule has 70 valence electrons. The van der Waals surface area contributed by atoms with Crippen LogP contribution < -0.4 is 0 Å². The number of benzene rings is 1. The zero-order valence-electron chi connectivity index (χ0n) is 8.16. The van der Waals surface area contributed by atoms with Crippen molar-refractivity contribution >= 4 is 5.78 Å². The van der Waals surface area contributed by atoms with E-state index in [4.69, 9.17) is 5.11 Å². The Morgan fingerprint density at radius 1 is 1.31 bits per heavy atom. The molecule has 0 radical (unpaired) electrons. The highest BCUT2D eigenvalue weighted by Crippen LogP contribution is 2.11. The molecule has 1 rings (SSSR count). The van der Waals surface area contributed by atoms with Crippen LogP contribution in [0, 0.1) is 13.8 Å². The fourth-order valence-electron chi connectivity index (χ4n) is 1.14. The molecule has 0 aliphatic carbocycles. The largest absolute Gasteiger partial charge is 0.385 e. The van der Waals surface area contributed by atoms with Gasteiger partial charge in [0, 0.05) is 5.56 Å². The molecule has 0 fully saturated rings. The molecule has 1 aromatic rings. The first-order chi connectivity index (χ1) is 6.02. The zero-order chi connectivity index (χ0) is 10.0. The van der Waals surface area contributed by atoms with Gasteiger partial charge in [0.15, 0.2) is 5.78 Å². The lowest BCUT2D eigenvalue weighted by Gasteiger charge is -2.05. The molecule has 1 N–H and O–H groups in total. The summed E-state index contributed by atoms with van der Waals surface area (Å²) >= 11 is 0. The quantitative estimate of drug-likeness (QED) is 0.702. The minimum absolute atomic E-state index is 0.219. The van der Waals surface area contributed by atoms with Crippen molar-refractivity contribution in [2.24, 2.45) is 0 Å². The third kappa shape index (κ3) is 2.16. The van der Waals surface area contributed by atoms with Crippen LogP contribution in [0.4, 0.5) is 0 Å². The molecule has 0 amide bonds. The topological polar surface area (TPSA) is 37.3 Å². The summed E-state index contributed by atoms with van der Waals surface area (Å²) in [5.41, 5.74) is 2.81. The van der Waals surface area contributed by atoms with Gasteiger partial charge < -0.3 is 5.11 Å². The number of aryl methyl sites for hydroxylation is 2. The van der Waals surface area contributed by atoms with E-state index in [-0.39, 0.29) is 5.78 Å². The van der Waals surface area contributed by atoms with Gasteiger partial charge in [-0.2, -0.15) is 0 Å². The van der Waals surface area contributed by atoms with Gasteiger partial charge in [0.2, 0.25) is 0 Å². The summed E-state index contributed by atoms with van der Waals surface area (Å²) in [4.78, 5) is 11.4. The van der Waals surface area contributed by atoms with Gasteiger partial charge in [-0.1, -0.05) is 12.1 Å². The molecule has 13 heavy (non-hydrogen) atoms. The molecular weight excluding hydrogens is 164 g/mol. The second-order valence-electron chi connectivity index (χ2n) is 3.34. The smallest absolute Gasteiger partial charge is 0.190 e. The maximum atomic E-state index is 11.4. The number of carbonyl (C=O) groups excluding carboxylic acids is 1. The van der Waals surface area contributed by atoms with Gasteiger partial charge in [-0.25, -0.2) is 0 Å². The summed E-state index contributed by atoms with van der Waals surface area (Å²) in [7, 11) is 0. The van der Waals surface area contributed by atoms with E-state index in [1.807, 2.05) is 26.0 Å². The molecule has 0 aliphatic heterocycles. The maximum Gasteiger partial charge on any atom is 0.190 e. The Kier molecular flexibility index (Phi) is 2.83. The summed E-state index contributed by atoms with van der Waals surface area (Å²) in [6, 6.07) is 5.45. The number of hydrogen-bond acceptors (Lipinski definition) is 2. The van der Waals surface area contributed by atoms with Crippen molar-refractivity contribution in [3.8, 4) is 0 Å². The van der Waals surface area contributed by atoms with E-state index in [0.29, 0.717) is 5.56 Å². The van der Waals surface area contributed by atoms with Crippen LogP contribution in [-0.2, 0) is 0 Å². The fourth-order valence-corrected chi connectivity index (χ4v) is 1.14. The van der Waals surface area contributed by atoms with Crippen LogP contribution in [0.2, 0.25) is 0 Å². The number of ketones is 1. The predicted molar refractivity (Wildman–Crippen MR) is 51.9 cm³/mol. The number of carbonyl (C=O) groups is 1. The minimum atomic E-state index is -0.915. The van der Waals surface area contributed by atoms with Crippen LogP contribution in [0.5, 0.6) is 0 Å². The van der Waals surface area contributed by atoms with Crippen molar-refractivity contribution < 1.29 is 9.90 Å². The van der Waals surface area contributed by atoms with Crippen LogP contribution in [-0.4, -0.2) is 17.0 Å². The predicted octanol–water partition coefficient (Wildman–Crippen LogP) is 1.87. The minimum Gasteiger partial charge on any atom is -0.385 e. The summed E-state index contributed by atoms with van der Waals surface area (Å²) < 4.78 is 0. The molecule has 1 unspecified atom stereocenters. The number of aliphatic hydroxyl groups excluding tert-OH is 1. The second kappa shape index (κ2) is 3.71. The van der Waals surface area contributed by atoms with E-state index >= 15 is 0 Å². The molecule has 2 heteroatoms. The number of hydrogen-bond donors (Lipinski definition) is 1. The lowest BCUT2D eigenvalue weighted by atomic mass is 10.0. The SMILES string of the molecule is Cc1ccc(C(=O)C(C)O)cc1C. The molecule has 0 spiro atoms. The molecule has 0 saturated carbocycles. The Bertz CT molecular complexity index is 327. The average molecular weight is 178 g/mol. The third-order valence-corrected chi connectivity index (χ3v) is 2.17. The van der Waals surface area contributed by atoms with Crippen LogP contribution in [0.15, 0.2) is 18.2 Å². The Balaban J connectivity index is 3.04. The van der Waals surface area contributed by atoms with E-state index in [0.717, 1.165) is 11.1 Å². The van der Waals surface area contributed by atoms with Gasteiger partial charge in [-0.15, -0.1) is 0 Å². The normalized spacial score (nSPS) is 12.6. The van der Waals surface area contributed by atoms with E-state index < -0.39 is 6.10 Å². The number of Topliss-reactive ketones (excluding diaryl/α,β-unsaturated/α-hetero) is 1. The molecule has 0 bridgehead atoms. The lowest BCUT2D eigenvalue weighted by Crippen LogP contribution is -2.16. The first-order valence-corrected chi connectivity index (χ1v) is 4.32. The molecule has 1 aromatic carbocycles. The molecule has 0 aromatic heterocycles. The van der Waals surface area contributed by atoms with Gasteiger partial charge in [0.25, 0.3) is 0 Å². The number of rotatable bonds is 2. The van der Waals surface area contributed by atoms with Gasteiger partial charge in [-0.3, -0.25) is 4.79 Å². The second-order valence-corrected chi connectivity index (χ2v) is 3.34. The monoisotopic (exact) mass is 178 g/mol. The summed E-state index contributed by atoms with van der Waals surface area (Å²) in [5, 5.41) is 9.08. The summed E-state index contributed by atoms with van der Waals surface area (Å²) in [6.45, 7) is 5.43. The highest BCUT2D eigenvalue weighted by atomic mass is 16.3. The van der Waals surface area contributed by atoms with Crippen molar-refractivity contribution in [2.75, 3.05) is 0 Å². The van der Waals surface area contributed by atoms with Crippen LogP contribution in [0.25, 0.3) is 0 Å². The standard InChI is InChI=1S/C11H14O2/c1-7-4-5-10(6-8(7)2)11(13)9(3)12/h4-6,9,12H,1-3H3. The van der Waals surface area contributed by atoms with Gasteiger partial charge in [0.1, 0.15) is 6.10 Å². The average Bonchev–Trinajstić information content (AvgIpc) is 2.08. The van der Waals surface area contributed by atoms with Crippen LogP contribution in [0.1, 0.15) is 28.4 Å².